The summed E-state index contributed by atoms with van der Waals surface area (Å²) in [5.74, 6) is -1.58. The van der Waals surface area contributed by atoms with Crippen molar-refractivity contribution in [2.75, 3.05) is 0 Å². The molecule has 8 unspecified atom stereocenters. The van der Waals surface area contributed by atoms with Crippen LogP contribution in [0.4, 0.5) is 0 Å². The van der Waals surface area contributed by atoms with Gasteiger partial charge in [0.1, 0.15) is 6.10 Å². The fraction of sp³-hybridized carbons (Fsp3) is 0.829. The lowest BCUT2D eigenvalue weighted by Gasteiger charge is -2.67. The highest BCUT2D eigenvalue weighted by Gasteiger charge is 2.68. The van der Waals surface area contributed by atoms with Gasteiger partial charge in [-0.3, -0.25) is 14.4 Å². The minimum Gasteiger partial charge on any atom is -0.478 e. The highest BCUT2D eigenvalue weighted by Crippen LogP contribution is 2.73. The summed E-state index contributed by atoms with van der Waals surface area (Å²) in [5.41, 5.74) is 0.442. The zero-order valence-corrected chi connectivity index (χ0v) is 27.6. The second kappa shape index (κ2) is 10.8. The quantitative estimate of drug-likeness (QED) is 0.312. The molecule has 0 aromatic carbocycles. The Morgan fingerprint density at radius 3 is 2.10 bits per heavy atom. The topological polar surface area (TPSA) is 107 Å². The first-order chi connectivity index (χ1) is 19.3. The first-order valence-electron chi connectivity index (χ1n) is 16.1. The first-order valence-corrected chi connectivity index (χ1v) is 16.1. The van der Waals surface area contributed by atoms with Gasteiger partial charge in [0.05, 0.1) is 0 Å². The Morgan fingerprint density at radius 1 is 0.952 bits per heavy atom. The molecule has 236 valence electrons. The second-order valence-corrected chi connectivity index (χ2v) is 15.9. The summed E-state index contributed by atoms with van der Waals surface area (Å²) in [6.45, 7) is 20.8. The number of carboxylic acids is 1. The van der Waals surface area contributed by atoms with E-state index in [9.17, 15) is 24.3 Å². The van der Waals surface area contributed by atoms with Crippen molar-refractivity contribution in [1.29, 1.82) is 0 Å². The Kier molecular flexibility index (Phi) is 8.39. The van der Waals surface area contributed by atoms with Crippen LogP contribution in [0.25, 0.3) is 0 Å². The van der Waals surface area contributed by atoms with E-state index in [1.807, 2.05) is 13.8 Å². The molecule has 0 aromatic rings. The van der Waals surface area contributed by atoms with Crippen LogP contribution in [-0.4, -0.2) is 41.0 Å². The lowest BCUT2D eigenvalue weighted by atomic mass is 9.37. The standard InChI is InChI=1S/C35H54O7/c1-11-33(9)25(32(8)15-14-26(41-21(4)36)31(6,7)19-32)13-12-23-28-27(20(2)3)24(38)18-35(28,17-16-34(23,33)10)29(30(39)40)42-22(5)37/h20,23,25-26,29H,11-19H2,1-10H3,(H,39,40). The van der Waals surface area contributed by atoms with Crippen LogP contribution in [0.5, 0.6) is 0 Å². The highest BCUT2D eigenvalue weighted by atomic mass is 16.6. The number of aliphatic carboxylic acids is 1. The number of fused-ring (bicyclic) bond motifs is 3. The molecule has 4 aliphatic rings. The van der Waals surface area contributed by atoms with Gasteiger partial charge in [-0.05, 0) is 96.5 Å². The molecular formula is C35H54O7. The lowest BCUT2D eigenvalue weighted by molar-refractivity contribution is -0.191. The summed E-state index contributed by atoms with van der Waals surface area (Å²) in [6, 6.07) is 0. The molecule has 7 nitrogen and oxygen atoms in total. The maximum absolute atomic E-state index is 13.7. The number of esters is 2. The number of ether oxygens (including phenoxy) is 2. The molecule has 1 N–H and O–H groups in total. The molecule has 42 heavy (non-hydrogen) atoms. The average Bonchev–Trinajstić information content (AvgIpc) is 3.17. The Bertz CT molecular complexity index is 1180. The van der Waals surface area contributed by atoms with Crippen molar-refractivity contribution >= 4 is 23.7 Å². The van der Waals surface area contributed by atoms with E-state index in [0.29, 0.717) is 12.3 Å². The number of carbonyl (C=O) groups excluding carboxylic acids is 3. The number of rotatable bonds is 7. The van der Waals surface area contributed by atoms with E-state index in [2.05, 4.69) is 41.5 Å². The maximum atomic E-state index is 13.7. The smallest absolute Gasteiger partial charge is 0.345 e. The van der Waals surface area contributed by atoms with Crippen molar-refractivity contribution < 1.29 is 33.8 Å². The van der Waals surface area contributed by atoms with E-state index in [-0.39, 0.29) is 57.8 Å². The number of carbonyl (C=O) groups is 4. The number of hydrogen-bond acceptors (Lipinski definition) is 6. The number of hydrogen-bond donors (Lipinski definition) is 1. The van der Waals surface area contributed by atoms with Crippen LogP contribution >= 0.6 is 0 Å². The van der Waals surface area contributed by atoms with Gasteiger partial charge in [-0.15, -0.1) is 0 Å². The summed E-state index contributed by atoms with van der Waals surface area (Å²) in [7, 11) is 0. The number of ketones is 1. The van der Waals surface area contributed by atoms with Gasteiger partial charge in [-0.1, -0.05) is 55.4 Å². The van der Waals surface area contributed by atoms with Gasteiger partial charge < -0.3 is 14.6 Å². The van der Waals surface area contributed by atoms with Gasteiger partial charge in [0.25, 0.3) is 0 Å². The van der Waals surface area contributed by atoms with Gasteiger partial charge >= 0.3 is 17.9 Å². The molecule has 3 saturated carbocycles. The van der Waals surface area contributed by atoms with Crippen molar-refractivity contribution in [3.05, 3.63) is 11.1 Å². The predicted molar refractivity (Wildman–Crippen MR) is 160 cm³/mol. The third-order valence-electron chi connectivity index (χ3n) is 12.8. The summed E-state index contributed by atoms with van der Waals surface area (Å²) in [4.78, 5) is 50.4. The molecule has 0 bridgehead atoms. The van der Waals surface area contributed by atoms with Crippen LogP contribution < -0.4 is 0 Å². The van der Waals surface area contributed by atoms with E-state index < -0.39 is 23.5 Å². The van der Waals surface area contributed by atoms with Gasteiger partial charge in [0.15, 0.2) is 5.78 Å². The molecule has 0 heterocycles. The van der Waals surface area contributed by atoms with Gasteiger partial charge in [0, 0.05) is 31.1 Å². The SMILES string of the molecule is CCC1(C)C(C2(C)CCC(OC(C)=O)C(C)(C)C2)CCC2C3=C(C(C)C)C(=O)CC3(C(OC(C)=O)C(=O)O)CCC21C. The second-order valence-electron chi connectivity index (χ2n) is 15.9. The van der Waals surface area contributed by atoms with Crippen LogP contribution in [0.15, 0.2) is 11.1 Å². The van der Waals surface area contributed by atoms with Crippen LogP contribution in [-0.2, 0) is 28.7 Å². The molecule has 0 radical (unpaired) electrons. The highest BCUT2D eigenvalue weighted by molar-refractivity contribution is 6.01. The van der Waals surface area contributed by atoms with Crippen molar-refractivity contribution in [3.63, 3.8) is 0 Å². The van der Waals surface area contributed by atoms with E-state index in [4.69, 9.17) is 9.47 Å². The van der Waals surface area contributed by atoms with Gasteiger partial charge in [-0.2, -0.15) is 0 Å². The molecule has 0 aliphatic heterocycles. The summed E-state index contributed by atoms with van der Waals surface area (Å²) >= 11 is 0. The normalized spacial score (nSPS) is 40.3. The van der Waals surface area contributed by atoms with E-state index in [1.54, 1.807) is 0 Å². The molecule has 0 spiro atoms. The summed E-state index contributed by atoms with van der Waals surface area (Å²) < 4.78 is 11.3. The van der Waals surface area contributed by atoms with E-state index in [0.717, 1.165) is 56.1 Å². The van der Waals surface area contributed by atoms with Crippen molar-refractivity contribution in [1.82, 2.24) is 0 Å². The minimum absolute atomic E-state index is 0.0143. The Balaban J connectivity index is 1.81. The molecule has 4 rings (SSSR count). The number of allylic oxidation sites excluding steroid dienone is 1. The fourth-order valence-electron chi connectivity index (χ4n) is 11.0. The average molecular weight is 587 g/mol. The molecule has 7 heteroatoms. The molecule has 8 atom stereocenters. The molecule has 4 aliphatic carbocycles. The molecule has 0 amide bonds. The van der Waals surface area contributed by atoms with Crippen LogP contribution in [0, 0.1) is 44.8 Å². The summed E-state index contributed by atoms with van der Waals surface area (Å²) in [5, 5.41) is 10.4. The molecular weight excluding hydrogens is 532 g/mol. The number of carboxylic acid groups (broad SMARTS) is 1. The molecule has 3 fully saturated rings. The third-order valence-corrected chi connectivity index (χ3v) is 12.8. The van der Waals surface area contributed by atoms with Crippen molar-refractivity contribution in [3.8, 4) is 0 Å². The van der Waals surface area contributed by atoms with E-state index in [1.165, 1.54) is 13.8 Å². The first kappa shape index (κ1) is 32.7. The largest absolute Gasteiger partial charge is 0.478 e. The van der Waals surface area contributed by atoms with E-state index >= 15 is 0 Å². The zero-order chi connectivity index (χ0) is 31.6. The Labute approximate surface area is 252 Å². The van der Waals surface area contributed by atoms with Gasteiger partial charge in [-0.25, -0.2) is 4.79 Å². The predicted octanol–water partition coefficient (Wildman–Crippen LogP) is 7.31. The Morgan fingerprint density at radius 2 is 1.60 bits per heavy atom. The van der Waals surface area contributed by atoms with Crippen LogP contribution in [0.1, 0.15) is 127 Å². The molecule has 0 saturated heterocycles. The Hall–Kier alpha value is -2.18. The maximum Gasteiger partial charge on any atom is 0.345 e. The minimum atomic E-state index is -1.37. The number of Topliss-reactive ketones (excluding diaryl/α,β-unsaturated/α-hetero) is 1. The van der Waals surface area contributed by atoms with Gasteiger partial charge in [0.2, 0.25) is 6.10 Å². The van der Waals surface area contributed by atoms with Crippen molar-refractivity contribution in [2.45, 2.75) is 139 Å². The third kappa shape index (κ3) is 4.85. The zero-order valence-electron chi connectivity index (χ0n) is 27.6. The molecule has 0 aromatic heterocycles. The van der Waals surface area contributed by atoms with Crippen LogP contribution in [0.2, 0.25) is 0 Å². The fourth-order valence-corrected chi connectivity index (χ4v) is 11.0. The van der Waals surface area contributed by atoms with Crippen molar-refractivity contribution in [2.24, 2.45) is 44.8 Å². The lowest BCUT2D eigenvalue weighted by Crippen LogP contribution is -2.62. The summed E-state index contributed by atoms with van der Waals surface area (Å²) in [6.07, 6.45) is 5.59. The monoisotopic (exact) mass is 586 g/mol. The van der Waals surface area contributed by atoms with Crippen LogP contribution in [0.3, 0.4) is 0 Å².